The molecule has 3 heteroatoms. The molecule has 0 saturated carbocycles. The van der Waals surface area contributed by atoms with Crippen LogP contribution in [0.25, 0.3) is 0 Å². The molecule has 0 atom stereocenters. The van der Waals surface area contributed by atoms with Crippen LogP contribution < -0.4 is 11.5 Å². The van der Waals surface area contributed by atoms with Crippen LogP contribution in [0.3, 0.4) is 0 Å². The Balaban J connectivity index is 0.000000980. The van der Waals surface area contributed by atoms with E-state index in [1.54, 1.807) is 0 Å². The molecule has 0 bridgehead atoms. The predicted molar refractivity (Wildman–Crippen MR) is 63.2 cm³/mol. The molecule has 1 heterocycles. The molecular formula is C11H18N2S. The van der Waals surface area contributed by atoms with Crippen LogP contribution in [-0.2, 0) is 0 Å². The third kappa shape index (κ3) is 3.33. The number of piperidine rings is 1. The van der Waals surface area contributed by atoms with Gasteiger partial charge in [0.1, 0.15) is 0 Å². The fourth-order valence-electron chi connectivity index (χ4n) is 1.60. The topological polar surface area (TPSA) is 47.0 Å². The van der Waals surface area contributed by atoms with Gasteiger partial charge in [0, 0.05) is 10.1 Å². The molecule has 0 aromatic heterocycles. The Hall–Kier alpha value is -0.510. The van der Waals surface area contributed by atoms with E-state index < -0.39 is 0 Å². The summed E-state index contributed by atoms with van der Waals surface area (Å²) in [5.74, 6) is 0. The van der Waals surface area contributed by atoms with Crippen molar-refractivity contribution in [3.63, 3.8) is 0 Å². The van der Waals surface area contributed by atoms with Gasteiger partial charge in [0.2, 0.25) is 0 Å². The van der Waals surface area contributed by atoms with Gasteiger partial charge in [-0.25, -0.2) is 0 Å². The van der Waals surface area contributed by atoms with Crippen LogP contribution in [0, 0.1) is 0 Å². The molecule has 78 valence electrons. The summed E-state index contributed by atoms with van der Waals surface area (Å²) in [7, 11) is 0. The highest BCUT2D eigenvalue weighted by Gasteiger charge is 2.13. The fourth-order valence-corrected chi connectivity index (χ4v) is 2.78. The maximum absolute atomic E-state index is 3.39. The fraction of sp³-hybridized carbons (Fsp3) is 0.455. The van der Waals surface area contributed by atoms with Gasteiger partial charge in [-0.3, -0.25) is 0 Å². The van der Waals surface area contributed by atoms with Crippen LogP contribution in [-0.4, -0.2) is 18.3 Å². The highest BCUT2D eigenvalue weighted by atomic mass is 32.2. The van der Waals surface area contributed by atoms with Gasteiger partial charge in [-0.2, -0.15) is 0 Å². The van der Waals surface area contributed by atoms with Gasteiger partial charge in [-0.05, 0) is 38.1 Å². The summed E-state index contributed by atoms with van der Waals surface area (Å²) in [4.78, 5) is 1.41. The zero-order chi connectivity index (χ0) is 8.93. The molecule has 2 rings (SSSR count). The maximum Gasteiger partial charge on any atom is 0.0118 e. The molecule has 0 unspecified atom stereocenters. The van der Waals surface area contributed by atoms with E-state index in [4.69, 9.17) is 0 Å². The van der Waals surface area contributed by atoms with Crippen molar-refractivity contribution in [3.8, 4) is 0 Å². The lowest BCUT2D eigenvalue weighted by Gasteiger charge is -2.21. The molecule has 14 heavy (non-hydrogen) atoms. The standard InChI is InChI=1S/C11H15NS.H3N/c1-2-4-10(5-3-1)13-11-6-8-12-9-7-11;/h1-5,11-12H,6-9H2;1H3. The lowest BCUT2D eigenvalue weighted by atomic mass is 10.2. The summed E-state index contributed by atoms with van der Waals surface area (Å²) in [6.07, 6.45) is 2.61. The largest absolute Gasteiger partial charge is 0.344 e. The Morgan fingerprint density at radius 3 is 2.36 bits per heavy atom. The van der Waals surface area contributed by atoms with Crippen molar-refractivity contribution in [2.24, 2.45) is 0 Å². The van der Waals surface area contributed by atoms with Crippen molar-refractivity contribution in [3.05, 3.63) is 30.3 Å². The zero-order valence-electron chi connectivity index (χ0n) is 8.41. The van der Waals surface area contributed by atoms with Gasteiger partial charge < -0.3 is 11.5 Å². The lowest BCUT2D eigenvalue weighted by molar-refractivity contribution is 0.531. The van der Waals surface area contributed by atoms with Crippen molar-refractivity contribution in [2.75, 3.05) is 13.1 Å². The number of thioether (sulfide) groups is 1. The molecule has 1 aromatic rings. The maximum atomic E-state index is 3.39. The van der Waals surface area contributed by atoms with Crippen LogP contribution >= 0.6 is 11.8 Å². The summed E-state index contributed by atoms with van der Waals surface area (Å²) < 4.78 is 0. The minimum Gasteiger partial charge on any atom is -0.344 e. The Morgan fingerprint density at radius 2 is 1.71 bits per heavy atom. The van der Waals surface area contributed by atoms with Gasteiger partial charge in [0.05, 0.1) is 0 Å². The summed E-state index contributed by atoms with van der Waals surface area (Å²) in [6, 6.07) is 10.7. The molecule has 0 aliphatic carbocycles. The molecule has 1 fully saturated rings. The van der Waals surface area contributed by atoms with E-state index in [0.717, 1.165) is 5.25 Å². The number of hydrogen-bond acceptors (Lipinski definition) is 3. The Morgan fingerprint density at radius 1 is 1.07 bits per heavy atom. The van der Waals surface area contributed by atoms with Gasteiger partial charge in [-0.1, -0.05) is 18.2 Å². The molecule has 0 amide bonds. The lowest BCUT2D eigenvalue weighted by Crippen LogP contribution is -2.29. The molecular weight excluding hydrogens is 192 g/mol. The van der Waals surface area contributed by atoms with Crippen molar-refractivity contribution in [2.45, 2.75) is 23.0 Å². The average molecular weight is 210 g/mol. The van der Waals surface area contributed by atoms with Gasteiger partial charge in [-0.15, -0.1) is 11.8 Å². The van der Waals surface area contributed by atoms with E-state index >= 15 is 0 Å². The van der Waals surface area contributed by atoms with Crippen LogP contribution in [0.4, 0.5) is 0 Å². The second-order valence-corrected chi connectivity index (χ2v) is 4.75. The summed E-state index contributed by atoms with van der Waals surface area (Å²) >= 11 is 2.02. The normalized spacial score (nSPS) is 17.4. The number of benzene rings is 1. The van der Waals surface area contributed by atoms with Gasteiger partial charge in [0.25, 0.3) is 0 Å². The highest BCUT2D eigenvalue weighted by Crippen LogP contribution is 2.27. The van der Waals surface area contributed by atoms with Crippen LogP contribution in [0.2, 0.25) is 0 Å². The first-order valence-electron chi connectivity index (χ1n) is 4.87. The quantitative estimate of drug-likeness (QED) is 0.789. The SMILES string of the molecule is N.c1ccc(SC2CCNCC2)cc1. The van der Waals surface area contributed by atoms with E-state index in [1.165, 1.54) is 30.8 Å². The van der Waals surface area contributed by atoms with Gasteiger partial charge >= 0.3 is 0 Å². The second kappa shape index (κ2) is 6.06. The summed E-state index contributed by atoms with van der Waals surface area (Å²) in [6.45, 7) is 2.37. The summed E-state index contributed by atoms with van der Waals surface area (Å²) in [5.41, 5.74) is 0. The first kappa shape index (κ1) is 11.6. The molecule has 2 nitrogen and oxygen atoms in total. The van der Waals surface area contributed by atoms with Crippen molar-refractivity contribution in [1.29, 1.82) is 0 Å². The Labute approximate surface area is 90.1 Å². The first-order valence-corrected chi connectivity index (χ1v) is 5.75. The van der Waals surface area contributed by atoms with Crippen LogP contribution in [0.1, 0.15) is 12.8 Å². The smallest absolute Gasteiger partial charge is 0.0118 e. The molecule has 0 radical (unpaired) electrons. The van der Waals surface area contributed by atoms with Crippen LogP contribution in [0.15, 0.2) is 35.2 Å². The Kier molecular flexibility index (Phi) is 5.01. The second-order valence-electron chi connectivity index (χ2n) is 3.38. The minimum absolute atomic E-state index is 0. The van der Waals surface area contributed by atoms with E-state index in [9.17, 15) is 0 Å². The molecule has 1 aliphatic rings. The number of nitrogens with one attached hydrogen (secondary N) is 1. The third-order valence-corrected chi connectivity index (χ3v) is 3.68. The molecule has 1 aromatic carbocycles. The molecule has 1 aliphatic heterocycles. The molecule has 1 saturated heterocycles. The predicted octanol–water partition coefficient (Wildman–Crippen LogP) is 2.69. The molecule has 4 N–H and O–H groups in total. The number of hydrogen-bond donors (Lipinski definition) is 2. The Bertz CT molecular complexity index is 245. The van der Waals surface area contributed by atoms with E-state index in [0.29, 0.717) is 0 Å². The summed E-state index contributed by atoms with van der Waals surface area (Å²) in [5, 5.41) is 4.21. The molecule has 0 spiro atoms. The first-order chi connectivity index (χ1) is 6.45. The van der Waals surface area contributed by atoms with Crippen molar-refractivity contribution < 1.29 is 0 Å². The monoisotopic (exact) mass is 210 g/mol. The van der Waals surface area contributed by atoms with Crippen molar-refractivity contribution >= 4 is 11.8 Å². The highest BCUT2D eigenvalue weighted by molar-refractivity contribution is 8.00. The average Bonchev–Trinajstić information content (AvgIpc) is 2.21. The number of rotatable bonds is 2. The van der Waals surface area contributed by atoms with Crippen molar-refractivity contribution in [1.82, 2.24) is 11.5 Å². The zero-order valence-corrected chi connectivity index (χ0v) is 9.22. The van der Waals surface area contributed by atoms with E-state index in [1.807, 2.05) is 11.8 Å². The van der Waals surface area contributed by atoms with Crippen LogP contribution in [0.5, 0.6) is 0 Å². The third-order valence-electron chi connectivity index (χ3n) is 2.33. The van der Waals surface area contributed by atoms with E-state index in [-0.39, 0.29) is 6.15 Å². The van der Waals surface area contributed by atoms with Gasteiger partial charge in [0.15, 0.2) is 0 Å². The van der Waals surface area contributed by atoms with E-state index in [2.05, 4.69) is 35.6 Å². The minimum atomic E-state index is 0.